The van der Waals surface area contributed by atoms with Crippen molar-refractivity contribution in [2.24, 2.45) is 11.8 Å². The Balaban J connectivity index is 1.90. The highest BCUT2D eigenvalue weighted by Crippen LogP contribution is 2.24. The Morgan fingerprint density at radius 2 is 2.39 bits per heavy atom. The number of carboxylic acids is 1. The van der Waals surface area contributed by atoms with E-state index < -0.39 is 5.97 Å². The number of aromatic nitrogens is 2. The van der Waals surface area contributed by atoms with Gasteiger partial charge in [0.15, 0.2) is 5.82 Å². The highest BCUT2D eigenvalue weighted by Gasteiger charge is 2.31. The fraction of sp³-hybridized carbons (Fsp3) is 0.750. The monoisotopic (exact) mass is 253 g/mol. The van der Waals surface area contributed by atoms with E-state index in [1.165, 1.54) is 0 Å². The lowest BCUT2D eigenvalue weighted by Gasteiger charge is -2.33. The Morgan fingerprint density at radius 3 is 2.94 bits per heavy atom. The van der Waals surface area contributed by atoms with Gasteiger partial charge in [-0.05, 0) is 18.9 Å². The molecular formula is C12H19N3O3. The quantitative estimate of drug-likeness (QED) is 0.867. The first kappa shape index (κ1) is 13.0. The molecule has 0 bridgehead atoms. The van der Waals surface area contributed by atoms with Crippen LogP contribution in [0.15, 0.2) is 4.52 Å². The lowest BCUT2D eigenvalue weighted by atomic mass is 9.87. The molecule has 2 unspecified atom stereocenters. The van der Waals surface area contributed by atoms with Crippen LogP contribution in [0.25, 0.3) is 0 Å². The van der Waals surface area contributed by atoms with E-state index in [2.05, 4.69) is 15.0 Å². The summed E-state index contributed by atoms with van der Waals surface area (Å²) in [6.45, 7) is 6.11. The molecule has 6 heteroatoms. The maximum absolute atomic E-state index is 11.0. The summed E-state index contributed by atoms with van der Waals surface area (Å²) in [6, 6.07) is 0. The number of piperidine rings is 1. The summed E-state index contributed by atoms with van der Waals surface area (Å²) >= 11 is 0. The van der Waals surface area contributed by atoms with E-state index in [4.69, 9.17) is 9.63 Å². The first-order chi connectivity index (χ1) is 8.60. The summed E-state index contributed by atoms with van der Waals surface area (Å²) in [5, 5.41) is 12.9. The van der Waals surface area contributed by atoms with Crippen LogP contribution in [0.3, 0.4) is 0 Å². The Hall–Kier alpha value is -1.43. The molecule has 1 aliphatic rings. The number of likely N-dealkylation sites (tertiary alicyclic amines) is 1. The first-order valence-corrected chi connectivity index (χ1v) is 6.36. The van der Waals surface area contributed by atoms with Gasteiger partial charge in [0.05, 0.1) is 12.5 Å². The molecule has 0 aliphatic carbocycles. The molecule has 6 nitrogen and oxygen atoms in total. The predicted octanol–water partition coefficient (Wildman–Crippen LogP) is 1.17. The molecule has 1 aliphatic heterocycles. The van der Waals surface area contributed by atoms with Crippen LogP contribution in [0.1, 0.15) is 32.0 Å². The molecule has 1 N–H and O–H groups in total. The molecule has 2 heterocycles. The van der Waals surface area contributed by atoms with Crippen LogP contribution in [0, 0.1) is 11.8 Å². The van der Waals surface area contributed by atoms with Gasteiger partial charge in [-0.2, -0.15) is 4.98 Å². The molecule has 0 amide bonds. The highest BCUT2D eigenvalue weighted by atomic mass is 16.5. The lowest BCUT2D eigenvalue weighted by Crippen LogP contribution is -2.41. The van der Waals surface area contributed by atoms with Gasteiger partial charge in [0.25, 0.3) is 0 Å². The average molecular weight is 253 g/mol. The van der Waals surface area contributed by atoms with Gasteiger partial charge in [0, 0.05) is 13.0 Å². The van der Waals surface area contributed by atoms with E-state index >= 15 is 0 Å². The van der Waals surface area contributed by atoms with E-state index in [9.17, 15) is 4.79 Å². The molecule has 1 fully saturated rings. The molecule has 18 heavy (non-hydrogen) atoms. The number of hydrogen-bond acceptors (Lipinski definition) is 5. The van der Waals surface area contributed by atoms with Gasteiger partial charge in [-0.25, -0.2) is 0 Å². The number of carbonyl (C=O) groups is 1. The van der Waals surface area contributed by atoms with Crippen LogP contribution in [-0.2, 0) is 17.8 Å². The van der Waals surface area contributed by atoms with Crippen LogP contribution in [0.4, 0.5) is 0 Å². The molecule has 0 aromatic carbocycles. The Kier molecular flexibility index (Phi) is 3.96. The molecule has 0 saturated carbocycles. The second-order valence-electron chi connectivity index (χ2n) is 4.90. The van der Waals surface area contributed by atoms with Crippen molar-refractivity contribution >= 4 is 5.97 Å². The number of carboxylic acid groups (broad SMARTS) is 1. The van der Waals surface area contributed by atoms with Crippen molar-refractivity contribution in [1.29, 1.82) is 0 Å². The zero-order valence-electron chi connectivity index (χ0n) is 10.8. The molecule has 1 aromatic rings. The van der Waals surface area contributed by atoms with E-state index in [0.29, 0.717) is 18.9 Å². The Bertz CT molecular complexity index is 418. The van der Waals surface area contributed by atoms with Crippen LogP contribution in [-0.4, -0.2) is 39.2 Å². The van der Waals surface area contributed by atoms with Gasteiger partial charge in [-0.3, -0.25) is 9.69 Å². The summed E-state index contributed by atoms with van der Waals surface area (Å²) in [6.07, 6.45) is 1.45. The van der Waals surface area contributed by atoms with Gasteiger partial charge in [0.1, 0.15) is 0 Å². The SMILES string of the molecule is CCc1noc(CN2CCC(C(=O)O)C(C)C2)n1. The molecule has 1 aromatic heterocycles. The normalized spacial score (nSPS) is 25.2. The Labute approximate surface area is 106 Å². The summed E-state index contributed by atoms with van der Waals surface area (Å²) in [4.78, 5) is 17.5. The summed E-state index contributed by atoms with van der Waals surface area (Å²) in [5.41, 5.74) is 0. The number of hydrogen-bond donors (Lipinski definition) is 1. The fourth-order valence-electron chi connectivity index (χ4n) is 2.43. The smallest absolute Gasteiger partial charge is 0.306 e. The van der Waals surface area contributed by atoms with Crippen LogP contribution >= 0.6 is 0 Å². The van der Waals surface area contributed by atoms with Gasteiger partial charge in [-0.1, -0.05) is 19.0 Å². The van der Waals surface area contributed by atoms with Crippen LogP contribution < -0.4 is 0 Å². The number of nitrogens with zero attached hydrogens (tertiary/aromatic N) is 3. The van der Waals surface area contributed by atoms with Crippen molar-refractivity contribution in [3.8, 4) is 0 Å². The maximum Gasteiger partial charge on any atom is 0.306 e. The standard InChI is InChI=1S/C12H19N3O3/c1-3-10-13-11(18-14-10)7-15-5-4-9(12(16)17)8(2)6-15/h8-9H,3-7H2,1-2H3,(H,16,17). The van der Waals surface area contributed by atoms with Crippen molar-refractivity contribution in [3.05, 3.63) is 11.7 Å². The topological polar surface area (TPSA) is 79.5 Å². The van der Waals surface area contributed by atoms with Crippen molar-refractivity contribution in [2.45, 2.75) is 33.2 Å². The minimum atomic E-state index is -0.687. The van der Waals surface area contributed by atoms with E-state index in [-0.39, 0.29) is 11.8 Å². The van der Waals surface area contributed by atoms with Crippen molar-refractivity contribution in [2.75, 3.05) is 13.1 Å². The minimum absolute atomic E-state index is 0.157. The summed E-state index contributed by atoms with van der Waals surface area (Å²) in [5.74, 6) is 0.583. The highest BCUT2D eigenvalue weighted by molar-refractivity contribution is 5.70. The predicted molar refractivity (Wildman–Crippen MR) is 63.9 cm³/mol. The largest absolute Gasteiger partial charge is 0.481 e. The van der Waals surface area contributed by atoms with E-state index in [0.717, 1.165) is 25.3 Å². The van der Waals surface area contributed by atoms with Gasteiger partial charge in [0.2, 0.25) is 5.89 Å². The fourth-order valence-corrected chi connectivity index (χ4v) is 2.43. The first-order valence-electron chi connectivity index (χ1n) is 6.36. The average Bonchev–Trinajstić information content (AvgIpc) is 2.76. The zero-order chi connectivity index (χ0) is 13.1. The third kappa shape index (κ3) is 2.87. The van der Waals surface area contributed by atoms with Gasteiger partial charge < -0.3 is 9.63 Å². The molecule has 100 valence electrons. The van der Waals surface area contributed by atoms with Crippen molar-refractivity contribution in [3.63, 3.8) is 0 Å². The Morgan fingerprint density at radius 1 is 1.61 bits per heavy atom. The molecule has 2 atom stereocenters. The van der Waals surface area contributed by atoms with Crippen LogP contribution in [0.5, 0.6) is 0 Å². The second-order valence-corrected chi connectivity index (χ2v) is 4.90. The van der Waals surface area contributed by atoms with Gasteiger partial charge >= 0.3 is 5.97 Å². The third-order valence-electron chi connectivity index (χ3n) is 3.49. The minimum Gasteiger partial charge on any atom is -0.481 e. The summed E-state index contributed by atoms with van der Waals surface area (Å²) < 4.78 is 5.15. The second kappa shape index (κ2) is 5.48. The van der Waals surface area contributed by atoms with Gasteiger partial charge in [-0.15, -0.1) is 0 Å². The van der Waals surface area contributed by atoms with E-state index in [1.54, 1.807) is 0 Å². The third-order valence-corrected chi connectivity index (χ3v) is 3.49. The number of aryl methyl sites for hydroxylation is 1. The van der Waals surface area contributed by atoms with Crippen LogP contribution in [0.2, 0.25) is 0 Å². The lowest BCUT2D eigenvalue weighted by molar-refractivity contribution is -0.145. The molecular weight excluding hydrogens is 234 g/mol. The van der Waals surface area contributed by atoms with Crippen molar-refractivity contribution < 1.29 is 14.4 Å². The van der Waals surface area contributed by atoms with Crippen molar-refractivity contribution in [1.82, 2.24) is 15.0 Å². The maximum atomic E-state index is 11.0. The summed E-state index contributed by atoms with van der Waals surface area (Å²) in [7, 11) is 0. The zero-order valence-corrected chi connectivity index (χ0v) is 10.8. The molecule has 0 spiro atoms. The number of aliphatic carboxylic acids is 1. The molecule has 0 radical (unpaired) electrons. The number of rotatable bonds is 4. The molecule has 2 rings (SSSR count). The molecule has 1 saturated heterocycles. The van der Waals surface area contributed by atoms with E-state index in [1.807, 2.05) is 13.8 Å².